The first-order valence-electron chi connectivity index (χ1n) is 10.2. The van der Waals surface area contributed by atoms with Gasteiger partial charge in [0.1, 0.15) is 5.69 Å². The van der Waals surface area contributed by atoms with Gasteiger partial charge in [0.2, 0.25) is 0 Å². The fraction of sp³-hybridized carbons (Fsp3) is 0.500. The molecule has 1 aromatic heterocycles. The highest BCUT2D eigenvalue weighted by atomic mass is 16.6. The van der Waals surface area contributed by atoms with E-state index in [4.69, 9.17) is 4.74 Å². The summed E-state index contributed by atoms with van der Waals surface area (Å²) in [5, 5.41) is 4.42. The Morgan fingerprint density at radius 2 is 1.76 bits per heavy atom. The molecule has 156 valence electrons. The van der Waals surface area contributed by atoms with Gasteiger partial charge < -0.3 is 9.64 Å². The monoisotopic (exact) mass is 398 g/mol. The SMILES string of the molecule is CCOC(=O)N1c2cc(C)c(C)cc2N(C(=O)c2cc(CC)nn2C)CC1CC. The molecule has 1 atom stereocenters. The minimum Gasteiger partial charge on any atom is -0.449 e. The van der Waals surface area contributed by atoms with Gasteiger partial charge in [-0.15, -0.1) is 0 Å². The van der Waals surface area contributed by atoms with Crippen molar-refractivity contribution in [2.75, 3.05) is 23.0 Å². The van der Waals surface area contributed by atoms with Crippen molar-refractivity contribution in [1.82, 2.24) is 9.78 Å². The Bertz CT molecular complexity index is 934. The van der Waals surface area contributed by atoms with E-state index in [1.54, 1.807) is 28.5 Å². The number of aromatic nitrogens is 2. The molecule has 3 rings (SSSR count). The Morgan fingerprint density at radius 3 is 2.31 bits per heavy atom. The number of anilines is 2. The first kappa shape index (κ1) is 20.9. The molecule has 2 aromatic rings. The highest BCUT2D eigenvalue weighted by Crippen LogP contribution is 2.39. The summed E-state index contributed by atoms with van der Waals surface area (Å²) in [6.45, 7) is 10.6. The van der Waals surface area contributed by atoms with Crippen molar-refractivity contribution in [3.63, 3.8) is 0 Å². The molecule has 7 nitrogen and oxygen atoms in total. The summed E-state index contributed by atoms with van der Waals surface area (Å²) < 4.78 is 6.97. The molecule has 1 unspecified atom stereocenters. The van der Waals surface area contributed by atoms with E-state index in [1.807, 2.05) is 45.9 Å². The second-order valence-electron chi connectivity index (χ2n) is 7.47. The van der Waals surface area contributed by atoms with Crippen LogP contribution in [0.3, 0.4) is 0 Å². The third-order valence-corrected chi connectivity index (χ3v) is 5.59. The van der Waals surface area contributed by atoms with Crippen LogP contribution in [0.2, 0.25) is 0 Å². The lowest BCUT2D eigenvalue weighted by Crippen LogP contribution is -2.53. The zero-order valence-corrected chi connectivity index (χ0v) is 18.2. The lowest BCUT2D eigenvalue weighted by atomic mass is 10.00. The average molecular weight is 399 g/mol. The smallest absolute Gasteiger partial charge is 0.414 e. The Labute approximate surface area is 172 Å². The predicted molar refractivity (Wildman–Crippen MR) is 114 cm³/mol. The van der Waals surface area contributed by atoms with Gasteiger partial charge in [-0.2, -0.15) is 5.10 Å². The van der Waals surface area contributed by atoms with Gasteiger partial charge in [0.05, 0.1) is 29.7 Å². The fourth-order valence-electron chi connectivity index (χ4n) is 3.76. The van der Waals surface area contributed by atoms with Gasteiger partial charge in [0.15, 0.2) is 0 Å². The van der Waals surface area contributed by atoms with E-state index < -0.39 is 0 Å². The number of carbonyl (C=O) groups excluding carboxylic acids is 2. The molecule has 2 amide bonds. The second-order valence-corrected chi connectivity index (χ2v) is 7.47. The van der Waals surface area contributed by atoms with Crippen LogP contribution in [0.1, 0.15) is 54.5 Å². The molecule has 1 aliphatic heterocycles. The zero-order valence-electron chi connectivity index (χ0n) is 18.2. The van der Waals surface area contributed by atoms with E-state index in [0.717, 1.165) is 34.6 Å². The number of fused-ring (bicyclic) bond motifs is 1. The van der Waals surface area contributed by atoms with Gasteiger partial charge in [0, 0.05) is 13.6 Å². The lowest BCUT2D eigenvalue weighted by Gasteiger charge is -2.42. The quantitative estimate of drug-likeness (QED) is 0.781. The van der Waals surface area contributed by atoms with Crippen LogP contribution < -0.4 is 9.80 Å². The number of amides is 2. The van der Waals surface area contributed by atoms with Crippen LogP contribution in [0.15, 0.2) is 18.2 Å². The maximum atomic E-state index is 13.5. The Hall–Kier alpha value is -2.83. The fourth-order valence-corrected chi connectivity index (χ4v) is 3.76. The second kappa shape index (κ2) is 8.27. The molecule has 0 saturated carbocycles. The number of hydrogen-bond acceptors (Lipinski definition) is 4. The third kappa shape index (κ3) is 3.73. The number of rotatable bonds is 4. The van der Waals surface area contributed by atoms with Crippen molar-refractivity contribution in [2.45, 2.75) is 53.5 Å². The Balaban J connectivity index is 2.12. The zero-order chi connectivity index (χ0) is 21.3. The minimum atomic E-state index is -0.371. The van der Waals surface area contributed by atoms with Crippen LogP contribution in [0.4, 0.5) is 16.2 Å². The first-order valence-corrected chi connectivity index (χ1v) is 10.2. The van der Waals surface area contributed by atoms with Gasteiger partial charge in [-0.25, -0.2) is 4.79 Å². The maximum absolute atomic E-state index is 13.5. The number of ether oxygens (including phenoxy) is 1. The van der Waals surface area contributed by atoms with Crippen molar-refractivity contribution in [2.24, 2.45) is 7.05 Å². The van der Waals surface area contributed by atoms with Crippen molar-refractivity contribution >= 4 is 23.4 Å². The van der Waals surface area contributed by atoms with Crippen molar-refractivity contribution in [3.8, 4) is 0 Å². The van der Waals surface area contributed by atoms with E-state index in [1.165, 1.54) is 0 Å². The van der Waals surface area contributed by atoms with E-state index in [2.05, 4.69) is 5.10 Å². The number of benzene rings is 1. The summed E-state index contributed by atoms with van der Waals surface area (Å²) in [6.07, 6.45) is 1.11. The van der Waals surface area contributed by atoms with Gasteiger partial charge in [-0.05, 0) is 62.9 Å². The molecule has 0 radical (unpaired) electrons. The molecule has 0 N–H and O–H groups in total. The van der Waals surface area contributed by atoms with Gasteiger partial charge in [-0.1, -0.05) is 13.8 Å². The Kier molecular flexibility index (Phi) is 5.96. The van der Waals surface area contributed by atoms with Crippen LogP contribution in [0.5, 0.6) is 0 Å². The molecule has 0 bridgehead atoms. The van der Waals surface area contributed by atoms with Gasteiger partial charge in [-0.3, -0.25) is 14.4 Å². The minimum absolute atomic E-state index is 0.105. The van der Waals surface area contributed by atoms with E-state index >= 15 is 0 Å². The van der Waals surface area contributed by atoms with Crippen molar-refractivity contribution < 1.29 is 14.3 Å². The molecule has 7 heteroatoms. The number of nitrogens with zero attached hydrogens (tertiary/aromatic N) is 4. The topological polar surface area (TPSA) is 67.7 Å². The lowest BCUT2D eigenvalue weighted by molar-refractivity contribution is 0.0972. The maximum Gasteiger partial charge on any atom is 0.414 e. The van der Waals surface area contributed by atoms with Crippen LogP contribution >= 0.6 is 0 Å². The number of hydrogen-bond donors (Lipinski definition) is 0. The molecular weight excluding hydrogens is 368 g/mol. The summed E-state index contributed by atoms with van der Waals surface area (Å²) in [4.78, 5) is 29.7. The highest BCUT2D eigenvalue weighted by molar-refractivity contribution is 6.09. The van der Waals surface area contributed by atoms with E-state index in [-0.39, 0.29) is 18.0 Å². The van der Waals surface area contributed by atoms with Crippen LogP contribution in [0.25, 0.3) is 0 Å². The summed E-state index contributed by atoms with van der Waals surface area (Å²) in [6, 6.07) is 5.65. The summed E-state index contributed by atoms with van der Waals surface area (Å²) in [7, 11) is 1.79. The molecule has 0 fully saturated rings. The van der Waals surface area contributed by atoms with Crippen molar-refractivity contribution in [1.29, 1.82) is 0 Å². The molecule has 1 aromatic carbocycles. The third-order valence-electron chi connectivity index (χ3n) is 5.59. The highest BCUT2D eigenvalue weighted by Gasteiger charge is 2.38. The Morgan fingerprint density at radius 1 is 1.10 bits per heavy atom. The van der Waals surface area contributed by atoms with E-state index in [9.17, 15) is 9.59 Å². The summed E-state index contributed by atoms with van der Waals surface area (Å²) >= 11 is 0. The standard InChI is InChI=1S/C22H30N4O3/c1-7-16-12-20(24(6)23-16)21(27)25-13-17(8-2)26(22(28)29-9-3)19-11-15(5)14(4)10-18(19)25/h10-12,17H,7-9,13H2,1-6H3. The molecule has 0 spiro atoms. The largest absolute Gasteiger partial charge is 0.449 e. The first-order chi connectivity index (χ1) is 13.8. The molecular formula is C22H30N4O3. The van der Waals surface area contributed by atoms with E-state index in [0.29, 0.717) is 25.3 Å². The normalized spacial score (nSPS) is 16.0. The molecule has 29 heavy (non-hydrogen) atoms. The molecule has 0 aliphatic carbocycles. The summed E-state index contributed by atoms with van der Waals surface area (Å²) in [5.74, 6) is -0.105. The van der Waals surface area contributed by atoms with Gasteiger partial charge in [0.25, 0.3) is 5.91 Å². The number of aryl methyl sites for hydroxylation is 4. The average Bonchev–Trinajstić information content (AvgIpc) is 3.08. The van der Waals surface area contributed by atoms with Gasteiger partial charge >= 0.3 is 6.09 Å². The number of carbonyl (C=O) groups is 2. The predicted octanol–water partition coefficient (Wildman–Crippen LogP) is 4.00. The van der Waals surface area contributed by atoms with Crippen molar-refractivity contribution in [3.05, 3.63) is 40.7 Å². The van der Waals surface area contributed by atoms with Crippen LogP contribution in [-0.4, -0.2) is 41.0 Å². The van der Waals surface area contributed by atoms with Crippen LogP contribution in [0, 0.1) is 13.8 Å². The van der Waals surface area contributed by atoms with Crippen LogP contribution in [-0.2, 0) is 18.2 Å². The molecule has 2 heterocycles. The molecule has 1 aliphatic rings. The molecule has 0 saturated heterocycles. The summed E-state index contributed by atoms with van der Waals surface area (Å²) in [5.41, 5.74) is 5.01.